The smallest absolute Gasteiger partial charge is 0.246 e. The van der Waals surface area contributed by atoms with Crippen LogP contribution in [-0.4, -0.2) is 41.4 Å². The van der Waals surface area contributed by atoms with Crippen molar-refractivity contribution in [1.82, 2.24) is 10.6 Å². The number of aryl methyl sites for hydroxylation is 1. The van der Waals surface area contributed by atoms with Gasteiger partial charge < -0.3 is 16.0 Å². The summed E-state index contributed by atoms with van der Waals surface area (Å²) in [5, 5.41) is 8.35. The number of carbonyl (C=O) groups is 5. The molecule has 4 atom stereocenters. The third-order valence-electron chi connectivity index (χ3n) is 7.19. The van der Waals surface area contributed by atoms with E-state index in [2.05, 4.69) is 16.0 Å². The van der Waals surface area contributed by atoms with Crippen molar-refractivity contribution in [2.75, 3.05) is 5.32 Å². The molecule has 0 spiro atoms. The molecule has 0 fully saturated rings. The first-order chi connectivity index (χ1) is 18.4. The van der Waals surface area contributed by atoms with Crippen LogP contribution in [0.4, 0.5) is 5.69 Å². The number of benzene rings is 1. The number of unbranched alkanes of at least 4 members (excludes halogenated alkanes) is 2. The zero-order valence-corrected chi connectivity index (χ0v) is 24.4. The first kappa shape index (κ1) is 32.2. The lowest BCUT2D eigenvalue weighted by atomic mass is 9.80. The summed E-state index contributed by atoms with van der Waals surface area (Å²) < 4.78 is 0. The summed E-state index contributed by atoms with van der Waals surface area (Å²) >= 11 is 5.86. The predicted molar refractivity (Wildman–Crippen MR) is 153 cm³/mol. The Labute approximate surface area is 236 Å². The summed E-state index contributed by atoms with van der Waals surface area (Å²) in [5.41, 5.74) is 2.47. The standard InChI is InChI=1S/C30H42ClN3O5/c1-18(2)28(30(39)32-21(5)29(38)33-25-13-11-22(17-31)15-20(25)4)34-27(37)10-8-6-7-9-19(3)24-16-23(35)12-14-26(24)36/h11-15,18-19,21,24,28H,6-10,16-17H2,1-5H3,(H,32,39)(H,33,38)(H,34,37)/t19?,21-,24?,28-/m0/s1. The van der Waals surface area contributed by atoms with Gasteiger partial charge in [-0.2, -0.15) is 0 Å². The zero-order chi connectivity index (χ0) is 29.1. The Hall–Kier alpha value is -3.00. The lowest BCUT2D eigenvalue weighted by Crippen LogP contribution is -2.53. The molecule has 3 amide bonds. The van der Waals surface area contributed by atoms with Gasteiger partial charge in [-0.3, -0.25) is 24.0 Å². The van der Waals surface area contributed by atoms with Gasteiger partial charge in [0, 0.05) is 30.3 Å². The fraction of sp³-hybridized carbons (Fsp3) is 0.567. The van der Waals surface area contributed by atoms with Gasteiger partial charge in [0.15, 0.2) is 11.6 Å². The van der Waals surface area contributed by atoms with Gasteiger partial charge in [0.2, 0.25) is 17.7 Å². The monoisotopic (exact) mass is 559 g/mol. The number of nitrogens with one attached hydrogen (secondary N) is 3. The van der Waals surface area contributed by atoms with Gasteiger partial charge in [-0.05, 0) is 67.9 Å². The van der Waals surface area contributed by atoms with Crippen LogP contribution in [0.15, 0.2) is 30.4 Å². The zero-order valence-electron chi connectivity index (χ0n) is 23.6. The highest BCUT2D eigenvalue weighted by Crippen LogP contribution is 2.26. The highest BCUT2D eigenvalue weighted by Gasteiger charge is 2.29. The average Bonchev–Trinajstić information content (AvgIpc) is 2.88. The van der Waals surface area contributed by atoms with E-state index in [4.69, 9.17) is 11.6 Å². The quantitative estimate of drug-likeness (QED) is 0.227. The molecule has 214 valence electrons. The van der Waals surface area contributed by atoms with Crippen molar-refractivity contribution in [1.29, 1.82) is 0 Å². The maximum Gasteiger partial charge on any atom is 0.246 e. The van der Waals surface area contributed by atoms with Gasteiger partial charge in [-0.25, -0.2) is 0 Å². The molecule has 1 aromatic carbocycles. The predicted octanol–water partition coefficient (Wildman–Crippen LogP) is 4.62. The van der Waals surface area contributed by atoms with Crippen LogP contribution in [0.2, 0.25) is 0 Å². The Kier molecular flexibility index (Phi) is 12.8. The molecule has 3 N–H and O–H groups in total. The van der Waals surface area contributed by atoms with Gasteiger partial charge in [0.25, 0.3) is 0 Å². The van der Waals surface area contributed by atoms with Crippen molar-refractivity contribution in [2.45, 2.75) is 91.1 Å². The first-order valence-corrected chi connectivity index (χ1v) is 14.3. The van der Waals surface area contributed by atoms with Gasteiger partial charge in [-0.1, -0.05) is 45.7 Å². The molecule has 39 heavy (non-hydrogen) atoms. The second-order valence-electron chi connectivity index (χ2n) is 10.9. The van der Waals surface area contributed by atoms with E-state index in [1.807, 2.05) is 39.8 Å². The molecule has 1 aliphatic rings. The van der Waals surface area contributed by atoms with Crippen LogP contribution in [0.1, 0.15) is 77.3 Å². The molecule has 9 heteroatoms. The van der Waals surface area contributed by atoms with E-state index in [9.17, 15) is 24.0 Å². The molecular weight excluding hydrogens is 518 g/mol. The van der Waals surface area contributed by atoms with E-state index in [1.165, 1.54) is 12.2 Å². The molecule has 0 radical (unpaired) electrons. The van der Waals surface area contributed by atoms with E-state index >= 15 is 0 Å². The number of hydrogen-bond donors (Lipinski definition) is 3. The molecule has 8 nitrogen and oxygen atoms in total. The lowest BCUT2D eigenvalue weighted by molar-refractivity contribution is -0.131. The average molecular weight is 560 g/mol. The van der Waals surface area contributed by atoms with Crippen LogP contribution in [0.5, 0.6) is 0 Å². The fourth-order valence-corrected chi connectivity index (χ4v) is 4.80. The van der Waals surface area contributed by atoms with Crippen LogP contribution in [0, 0.1) is 24.7 Å². The molecule has 0 bridgehead atoms. The van der Waals surface area contributed by atoms with E-state index in [1.54, 1.807) is 13.0 Å². The summed E-state index contributed by atoms with van der Waals surface area (Å²) in [6.07, 6.45) is 6.42. The van der Waals surface area contributed by atoms with Crippen molar-refractivity contribution in [2.24, 2.45) is 17.8 Å². The van der Waals surface area contributed by atoms with Crippen LogP contribution in [0.25, 0.3) is 0 Å². The van der Waals surface area contributed by atoms with Crippen LogP contribution in [-0.2, 0) is 29.9 Å². The Morgan fingerprint density at radius 3 is 2.33 bits per heavy atom. The minimum Gasteiger partial charge on any atom is -0.344 e. The molecule has 0 aromatic heterocycles. The third kappa shape index (κ3) is 10.2. The second kappa shape index (κ2) is 15.6. The van der Waals surface area contributed by atoms with Crippen molar-refractivity contribution < 1.29 is 24.0 Å². The fourth-order valence-electron chi connectivity index (χ4n) is 4.63. The van der Waals surface area contributed by atoms with E-state index in [0.29, 0.717) is 18.0 Å². The minimum absolute atomic E-state index is 0.00521. The lowest BCUT2D eigenvalue weighted by Gasteiger charge is -2.24. The maximum atomic E-state index is 12.9. The maximum absolute atomic E-state index is 12.9. The van der Waals surface area contributed by atoms with Gasteiger partial charge >= 0.3 is 0 Å². The number of anilines is 1. The first-order valence-electron chi connectivity index (χ1n) is 13.7. The SMILES string of the molecule is Cc1cc(CCl)ccc1NC(=O)[C@H](C)NC(=O)[C@@H](NC(=O)CCCCCC(C)C1CC(=O)C=CC1=O)C(C)C. The second-order valence-corrected chi connectivity index (χ2v) is 11.1. The number of halogens is 1. The van der Waals surface area contributed by atoms with Crippen LogP contribution < -0.4 is 16.0 Å². The molecule has 2 unspecified atom stereocenters. The number of allylic oxidation sites excluding steroid dienone is 2. The number of carbonyl (C=O) groups excluding carboxylic acids is 5. The Balaban J connectivity index is 1.76. The van der Waals surface area contributed by atoms with Crippen molar-refractivity contribution in [3.05, 3.63) is 41.5 Å². The van der Waals surface area contributed by atoms with Gasteiger partial charge in [0.1, 0.15) is 12.1 Å². The highest BCUT2D eigenvalue weighted by molar-refractivity contribution is 6.17. The molecule has 1 aromatic rings. The Morgan fingerprint density at radius 1 is 0.974 bits per heavy atom. The largest absolute Gasteiger partial charge is 0.344 e. The molecule has 1 aliphatic carbocycles. The van der Waals surface area contributed by atoms with Crippen molar-refractivity contribution in [3.8, 4) is 0 Å². The highest BCUT2D eigenvalue weighted by atomic mass is 35.5. The minimum atomic E-state index is -0.799. The summed E-state index contributed by atoms with van der Waals surface area (Å²) in [5.74, 6) is -0.900. The van der Waals surface area contributed by atoms with Crippen molar-refractivity contribution in [3.63, 3.8) is 0 Å². The Morgan fingerprint density at radius 2 is 1.69 bits per heavy atom. The number of amides is 3. The molecule has 0 aliphatic heterocycles. The summed E-state index contributed by atoms with van der Waals surface area (Å²) in [4.78, 5) is 61.8. The number of hydrogen-bond acceptors (Lipinski definition) is 5. The van der Waals surface area contributed by atoms with Gasteiger partial charge in [0.05, 0.1) is 0 Å². The number of alkyl halides is 1. The Bertz CT molecular complexity index is 1080. The number of ketones is 2. The topological polar surface area (TPSA) is 121 Å². The van der Waals surface area contributed by atoms with E-state index in [-0.39, 0.29) is 54.0 Å². The van der Waals surface area contributed by atoms with Gasteiger partial charge in [-0.15, -0.1) is 11.6 Å². The van der Waals surface area contributed by atoms with E-state index < -0.39 is 18.0 Å². The van der Waals surface area contributed by atoms with Crippen molar-refractivity contribution >= 4 is 46.6 Å². The summed E-state index contributed by atoms with van der Waals surface area (Å²) in [7, 11) is 0. The molecule has 0 saturated heterocycles. The summed E-state index contributed by atoms with van der Waals surface area (Å²) in [6, 6.07) is 3.95. The van der Waals surface area contributed by atoms with Crippen LogP contribution in [0.3, 0.4) is 0 Å². The molecule has 2 rings (SSSR count). The number of rotatable bonds is 14. The normalized spacial score (nSPS) is 17.5. The molecule has 0 heterocycles. The summed E-state index contributed by atoms with van der Waals surface area (Å²) in [6.45, 7) is 9.14. The molecular formula is C30H42ClN3O5. The third-order valence-corrected chi connectivity index (χ3v) is 7.50. The van der Waals surface area contributed by atoms with Crippen LogP contribution >= 0.6 is 11.6 Å². The molecule has 0 saturated carbocycles. The van der Waals surface area contributed by atoms with E-state index in [0.717, 1.165) is 30.4 Å².